The summed E-state index contributed by atoms with van der Waals surface area (Å²) in [6.07, 6.45) is 3.17. The van der Waals surface area contributed by atoms with Gasteiger partial charge in [-0.25, -0.2) is 9.97 Å². The van der Waals surface area contributed by atoms with E-state index in [0.29, 0.717) is 19.8 Å². The molecule has 0 aliphatic carbocycles. The lowest BCUT2D eigenvalue weighted by Gasteiger charge is -2.36. The van der Waals surface area contributed by atoms with Crippen molar-refractivity contribution >= 4 is 5.95 Å². The minimum atomic E-state index is -0.178. The van der Waals surface area contributed by atoms with Crippen LogP contribution in [0.1, 0.15) is 41.3 Å². The number of benzene rings is 2. The van der Waals surface area contributed by atoms with E-state index in [9.17, 15) is 0 Å². The van der Waals surface area contributed by atoms with Gasteiger partial charge >= 0.3 is 0 Å². The summed E-state index contributed by atoms with van der Waals surface area (Å²) in [5.74, 6) is 0.281. The van der Waals surface area contributed by atoms with Gasteiger partial charge in [0.15, 0.2) is 0 Å². The van der Waals surface area contributed by atoms with Crippen molar-refractivity contribution in [3.05, 3.63) is 89.2 Å². The van der Waals surface area contributed by atoms with E-state index in [2.05, 4.69) is 34.2 Å². The van der Waals surface area contributed by atoms with Gasteiger partial charge in [0, 0.05) is 17.5 Å². The van der Waals surface area contributed by atoms with Crippen LogP contribution in [0, 0.1) is 6.92 Å². The Morgan fingerprint density at radius 2 is 1.65 bits per heavy atom. The van der Waals surface area contributed by atoms with Gasteiger partial charge in [-0.15, -0.1) is 0 Å². The summed E-state index contributed by atoms with van der Waals surface area (Å²) in [7, 11) is 0. The van der Waals surface area contributed by atoms with Gasteiger partial charge in [0.25, 0.3) is 0 Å². The fourth-order valence-corrected chi connectivity index (χ4v) is 3.89. The van der Waals surface area contributed by atoms with Crippen LogP contribution in [0.15, 0.2) is 66.9 Å². The zero-order valence-corrected chi connectivity index (χ0v) is 17.8. The molecule has 2 heterocycles. The van der Waals surface area contributed by atoms with Crippen molar-refractivity contribution in [2.24, 2.45) is 0 Å². The van der Waals surface area contributed by atoms with Gasteiger partial charge < -0.3 is 19.9 Å². The highest BCUT2D eigenvalue weighted by Gasteiger charge is 2.34. The molecule has 1 fully saturated rings. The van der Waals surface area contributed by atoms with Crippen molar-refractivity contribution in [2.75, 3.05) is 12.3 Å². The number of rotatable bonds is 8. The monoisotopic (exact) mass is 419 g/mol. The molecule has 0 radical (unpaired) electrons. The average Bonchev–Trinajstić information content (AvgIpc) is 2.80. The normalized spacial score (nSPS) is 21.1. The lowest BCUT2D eigenvalue weighted by molar-refractivity contribution is -0.168. The quantitative estimate of drug-likeness (QED) is 0.583. The molecule has 2 aromatic carbocycles. The molecule has 0 spiro atoms. The van der Waals surface area contributed by atoms with Gasteiger partial charge in [0.05, 0.1) is 32.0 Å². The zero-order valence-electron chi connectivity index (χ0n) is 17.8. The highest BCUT2D eigenvalue weighted by atomic mass is 16.6. The minimum absolute atomic E-state index is 0.0396. The van der Waals surface area contributed by atoms with E-state index in [1.807, 2.05) is 43.3 Å². The van der Waals surface area contributed by atoms with E-state index < -0.39 is 0 Å². The van der Waals surface area contributed by atoms with Crippen molar-refractivity contribution in [3.8, 4) is 0 Å². The predicted octanol–water partition coefficient (Wildman–Crippen LogP) is 4.39. The smallest absolute Gasteiger partial charge is 0.220 e. The molecular weight excluding hydrogens is 390 g/mol. The molecule has 0 amide bonds. The number of aromatic nitrogens is 2. The van der Waals surface area contributed by atoms with Crippen LogP contribution in [-0.2, 0) is 27.4 Å². The molecule has 1 saturated heterocycles. The lowest BCUT2D eigenvalue weighted by atomic mass is 9.96. The Kier molecular flexibility index (Phi) is 7.25. The van der Waals surface area contributed by atoms with Gasteiger partial charge in [-0.1, -0.05) is 60.7 Å². The van der Waals surface area contributed by atoms with E-state index in [4.69, 9.17) is 19.9 Å². The first-order valence-corrected chi connectivity index (χ1v) is 10.7. The predicted molar refractivity (Wildman–Crippen MR) is 119 cm³/mol. The largest absolute Gasteiger partial charge is 0.374 e. The van der Waals surface area contributed by atoms with E-state index in [-0.39, 0.29) is 24.3 Å². The third-order valence-electron chi connectivity index (χ3n) is 5.55. The Balaban J connectivity index is 1.42. The summed E-state index contributed by atoms with van der Waals surface area (Å²) in [5, 5.41) is 0. The Bertz CT molecular complexity index is 953. The standard InChI is InChI=1S/C25H29N3O3/c1-18-21(14-27-25(26)28-18)22-12-13-23(30-16-20-10-6-3-7-11-20)24(31-22)17-29-15-19-8-4-2-5-9-19/h2-11,14,22-24H,12-13,15-17H2,1H3,(H2,26,27,28)/t22-,23+,24-/m1/s1. The molecule has 31 heavy (non-hydrogen) atoms. The summed E-state index contributed by atoms with van der Waals surface area (Å²) in [4.78, 5) is 8.46. The number of aryl methyl sites for hydroxylation is 1. The van der Waals surface area contributed by atoms with Crippen LogP contribution in [0.2, 0.25) is 0 Å². The lowest BCUT2D eigenvalue weighted by Crippen LogP contribution is -2.41. The molecule has 162 valence electrons. The summed E-state index contributed by atoms with van der Waals surface area (Å²) in [6.45, 7) is 3.49. The SMILES string of the molecule is Cc1nc(N)ncc1[C@H]1CC[C@H](OCc2ccccc2)[C@@H](COCc2ccccc2)O1. The molecular formula is C25H29N3O3. The fraction of sp³-hybridized carbons (Fsp3) is 0.360. The van der Waals surface area contributed by atoms with Crippen molar-refractivity contribution in [2.45, 2.75) is 51.3 Å². The third kappa shape index (κ3) is 5.88. The highest BCUT2D eigenvalue weighted by Crippen LogP contribution is 2.34. The van der Waals surface area contributed by atoms with Gasteiger partial charge in [-0.05, 0) is 30.9 Å². The second-order valence-electron chi connectivity index (χ2n) is 7.85. The van der Waals surface area contributed by atoms with Crippen molar-refractivity contribution in [1.29, 1.82) is 0 Å². The van der Waals surface area contributed by atoms with Crippen LogP contribution in [0.5, 0.6) is 0 Å². The number of nitrogens with zero attached hydrogens (tertiary/aromatic N) is 2. The van der Waals surface area contributed by atoms with Crippen molar-refractivity contribution in [3.63, 3.8) is 0 Å². The number of hydrogen-bond acceptors (Lipinski definition) is 6. The molecule has 0 unspecified atom stereocenters. The van der Waals surface area contributed by atoms with E-state index in [1.165, 1.54) is 0 Å². The molecule has 0 bridgehead atoms. The summed E-state index contributed by atoms with van der Waals surface area (Å²) in [6, 6.07) is 20.4. The maximum absolute atomic E-state index is 6.46. The molecule has 1 aliphatic rings. The van der Waals surface area contributed by atoms with Gasteiger partial charge in [-0.2, -0.15) is 0 Å². The minimum Gasteiger partial charge on any atom is -0.374 e. The Morgan fingerprint density at radius 3 is 2.32 bits per heavy atom. The average molecular weight is 420 g/mol. The van der Waals surface area contributed by atoms with E-state index in [1.54, 1.807) is 6.20 Å². The topological polar surface area (TPSA) is 79.5 Å². The van der Waals surface area contributed by atoms with Crippen LogP contribution in [0.4, 0.5) is 5.95 Å². The van der Waals surface area contributed by atoms with Crippen LogP contribution in [0.25, 0.3) is 0 Å². The molecule has 4 rings (SSSR count). The van der Waals surface area contributed by atoms with Gasteiger partial charge in [0.2, 0.25) is 5.95 Å². The van der Waals surface area contributed by atoms with Crippen LogP contribution in [-0.4, -0.2) is 28.8 Å². The van der Waals surface area contributed by atoms with Gasteiger partial charge in [-0.3, -0.25) is 0 Å². The summed E-state index contributed by atoms with van der Waals surface area (Å²) in [5.41, 5.74) is 9.83. The van der Waals surface area contributed by atoms with E-state index in [0.717, 1.165) is 35.2 Å². The molecule has 3 aromatic rings. The first-order chi connectivity index (χ1) is 15.2. The third-order valence-corrected chi connectivity index (χ3v) is 5.55. The first kappa shape index (κ1) is 21.4. The fourth-order valence-electron chi connectivity index (χ4n) is 3.89. The zero-order chi connectivity index (χ0) is 21.5. The Labute approximate surface area is 183 Å². The van der Waals surface area contributed by atoms with Crippen LogP contribution in [0.3, 0.4) is 0 Å². The van der Waals surface area contributed by atoms with Crippen molar-refractivity contribution in [1.82, 2.24) is 9.97 Å². The van der Waals surface area contributed by atoms with E-state index >= 15 is 0 Å². The highest BCUT2D eigenvalue weighted by molar-refractivity contribution is 5.26. The number of hydrogen-bond donors (Lipinski definition) is 1. The van der Waals surface area contributed by atoms with Gasteiger partial charge in [0.1, 0.15) is 6.10 Å². The van der Waals surface area contributed by atoms with Crippen molar-refractivity contribution < 1.29 is 14.2 Å². The number of anilines is 1. The molecule has 1 aromatic heterocycles. The number of nitrogens with two attached hydrogens (primary N) is 1. The molecule has 6 heteroatoms. The molecule has 6 nitrogen and oxygen atoms in total. The second kappa shape index (κ2) is 10.5. The second-order valence-corrected chi connectivity index (χ2v) is 7.85. The molecule has 2 N–H and O–H groups in total. The summed E-state index contributed by atoms with van der Waals surface area (Å²) < 4.78 is 18.7. The first-order valence-electron chi connectivity index (χ1n) is 10.7. The molecule has 0 saturated carbocycles. The maximum Gasteiger partial charge on any atom is 0.220 e. The summed E-state index contributed by atoms with van der Waals surface area (Å²) >= 11 is 0. The van der Waals surface area contributed by atoms with Crippen LogP contribution < -0.4 is 5.73 Å². The Hall–Kier alpha value is -2.80. The number of ether oxygens (including phenoxy) is 3. The Morgan fingerprint density at radius 1 is 0.968 bits per heavy atom. The molecule has 3 atom stereocenters. The van der Waals surface area contributed by atoms with Crippen LogP contribution >= 0.6 is 0 Å². The number of nitrogen functional groups attached to an aromatic ring is 1. The maximum atomic E-state index is 6.46. The molecule has 1 aliphatic heterocycles.